The van der Waals surface area contributed by atoms with Gasteiger partial charge in [0, 0.05) is 19.5 Å². The topological polar surface area (TPSA) is 78.5 Å². The standard InChI is InChI=1S/C17H26F3N3O3S/c1-13-5-6-15(14(2)11-13)27(25,26)22-9-7-16(24)21-8-4-10-23(3)12-17(18,19)20/h5-6,11,22H,4,7-10,12H2,1-3H3,(H,21,24). The third-order valence-electron chi connectivity index (χ3n) is 3.75. The van der Waals surface area contributed by atoms with Crippen LogP contribution in [0, 0.1) is 13.8 Å². The minimum Gasteiger partial charge on any atom is -0.356 e. The van der Waals surface area contributed by atoms with Crippen molar-refractivity contribution in [1.29, 1.82) is 0 Å². The average molecular weight is 409 g/mol. The molecule has 0 radical (unpaired) electrons. The van der Waals surface area contributed by atoms with E-state index in [0.29, 0.717) is 12.0 Å². The van der Waals surface area contributed by atoms with E-state index in [-0.39, 0.29) is 36.9 Å². The van der Waals surface area contributed by atoms with Crippen LogP contribution in [0.5, 0.6) is 0 Å². The van der Waals surface area contributed by atoms with Crippen molar-refractivity contribution in [2.24, 2.45) is 0 Å². The molecule has 10 heteroatoms. The molecule has 0 fully saturated rings. The molecule has 0 atom stereocenters. The van der Waals surface area contributed by atoms with E-state index in [9.17, 15) is 26.4 Å². The molecule has 0 saturated heterocycles. The minimum absolute atomic E-state index is 0.0530. The van der Waals surface area contributed by atoms with Crippen LogP contribution in [0.4, 0.5) is 13.2 Å². The van der Waals surface area contributed by atoms with Crippen LogP contribution in [0.3, 0.4) is 0 Å². The maximum absolute atomic E-state index is 12.3. The Kier molecular flexibility index (Phi) is 8.70. The van der Waals surface area contributed by atoms with Crippen molar-refractivity contribution in [1.82, 2.24) is 14.9 Å². The third kappa shape index (κ3) is 9.21. The molecule has 0 aliphatic heterocycles. The van der Waals surface area contributed by atoms with E-state index < -0.39 is 22.7 Å². The highest BCUT2D eigenvalue weighted by atomic mass is 32.2. The van der Waals surface area contributed by atoms with Crippen LogP contribution in [0.2, 0.25) is 0 Å². The zero-order valence-electron chi connectivity index (χ0n) is 15.7. The molecule has 0 bridgehead atoms. The van der Waals surface area contributed by atoms with E-state index in [4.69, 9.17) is 0 Å². The molecule has 1 rings (SSSR count). The maximum Gasteiger partial charge on any atom is 0.401 e. The van der Waals surface area contributed by atoms with Gasteiger partial charge in [-0.15, -0.1) is 0 Å². The van der Waals surface area contributed by atoms with E-state index in [1.54, 1.807) is 19.1 Å². The van der Waals surface area contributed by atoms with E-state index in [1.165, 1.54) is 13.1 Å². The van der Waals surface area contributed by atoms with Gasteiger partial charge < -0.3 is 5.32 Å². The molecule has 0 saturated carbocycles. The Balaban J connectivity index is 2.30. The second kappa shape index (κ2) is 10.0. The molecule has 0 spiro atoms. The number of aryl methyl sites for hydroxylation is 2. The van der Waals surface area contributed by atoms with Crippen LogP contribution >= 0.6 is 0 Å². The van der Waals surface area contributed by atoms with E-state index in [2.05, 4.69) is 10.0 Å². The molecule has 154 valence electrons. The van der Waals surface area contributed by atoms with E-state index >= 15 is 0 Å². The first-order valence-corrected chi connectivity index (χ1v) is 9.98. The van der Waals surface area contributed by atoms with Gasteiger partial charge in [-0.05, 0) is 45.5 Å². The van der Waals surface area contributed by atoms with Gasteiger partial charge in [0.15, 0.2) is 0 Å². The van der Waals surface area contributed by atoms with Crippen LogP contribution < -0.4 is 10.0 Å². The van der Waals surface area contributed by atoms with Gasteiger partial charge in [-0.2, -0.15) is 13.2 Å². The lowest BCUT2D eigenvalue weighted by Gasteiger charge is -2.18. The fourth-order valence-corrected chi connectivity index (χ4v) is 3.78. The predicted octanol–water partition coefficient (Wildman–Crippen LogP) is 1.97. The number of alkyl halides is 3. The molecule has 0 unspecified atom stereocenters. The quantitative estimate of drug-likeness (QED) is 0.579. The SMILES string of the molecule is Cc1ccc(S(=O)(=O)NCCC(=O)NCCCN(C)CC(F)(F)F)c(C)c1. The molecule has 27 heavy (non-hydrogen) atoms. The molecule has 6 nitrogen and oxygen atoms in total. The minimum atomic E-state index is -4.25. The summed E-state index contributed by atoms with van der Waals surface area (Å²) in [5.41, 5.74) is 1.57. The van der Waals surface area contributed by atoms with Crippen LogP contribution in [0.15, 0.2) is 23.1 Å². The zero-order valence-corrected chi connectivity index (χ0v) is 16.5. The number of carbonyl (C=O) groups excluding carboxylic acids is 1. The van der Waals surface area contributed by atoms with Gasteiger partial charge in [0.2, 0.25) is 15.9 Å². The van der Waals surface area contributed by atoms with E-state index in [0.717, 1.165) is 10.5 Å². The fraction of sp³-hybridized carbons (Fsp3) is 0.588. The number of sulfonamides is 1. The zero-order chi connectivity index (χ0) is 20.7. The Hall–Kier alpha value is -1.65. The Morgan fingerprint density at radius 2 is 1.85 bits per heavy atom. The summed E-state index contributed by atoms with van der Waals surface area (Å²) >= 11 is 0. The first-order chi connectivity index (χ1) is 12.4. The number of benzene rings is 1. The molecule has 0 heterocycles. The Morgan fingerprint density at radius 3 is 2.44 bits per heavy atom. The normalized spacial score (nSPS) is 12.4. The second-order valence-electron chi connectivity index (χ2n) is 6.47. The Morgan fingerprint density at radius 1 is 1.19 bits per heavy atom. The first kappa shape index (κ1) is 23.4. The molecular formula is C17H26F3N3O3S. The summed E-state index contributed by atoms with van der Waals surface area (Å²) in [6.07, 6.45) is -3.93. The second-order valence-corrected chi connectivity index (χ2v) is 8.21. The van der Waals surface area contributed by atoms with Gasteiger partial charge in [0.25, 0.3) is 0 Å². The lowest BCUT2D eigenvalue weighted by Crippen LogP contribution is -2.34. The summed E-state index contributed by atoms with van der Waals surface area (Å²) in [5, 5.41) is 2.56. The number of nitrogens with one attached hydrogen (secondary N) is 2. The highest BCUT2D eigenvalue weighted by Crippen LogP contribution is 2.16. The van der Waals surface area contributed by atoms with Crippen LogP contribution in [0.1, 0.15) is 24.0 Å². The van der Waals surface area contributed by atoms with Crippen molar-refractivity contribution in [2.75, 3.05) is 33.2 Å². The van der Waals surface area contributed by atoms with Crippen molar-refractivity contribution < 1.29 is 26.4 Å². The van der Waals surface area contributed by atoms with Gasteiger partial charge in [-0.1, -0.05) is 17.7 Å². The Labute approximate surface area is 158 Å². The molecule has 0 aromatic heterocycles. The van der Waals surface area contributed by atoms with Gasteiger partial charge in [0.05, 0.1) is 11.4 Å². The molecule has 1 aromatic rings. The van der Waals surface area contributed by atoms with Gasteiger partial charge >= 0.3 is 6.18 Å². The summed E-state index contributed by atoms with van der Waals surface area (Å²) in [4.78, 5) is 13.0. The average Bonchev–Trinajstić information content (AvgIpc) is 2.49. The van der Waals surface area contributed by atoms with Gasteiger partial charge in [-0.25, -0.2) is 13.1 Å². The van der Waals surface area contributed by atoms with Crippen molar-refractivity contribution in [3.63, 3.8) is 0 Å². The molecule has 2 N–H and O–H groups in total. The largest absolute Gasteiger partial charge is 0.401 e. The molecule has 0 aliphatic carbocycles. The van der Waals surface area contributed by atoms with E-state index in [1.807, 2.05) is 6.92 Å². The number of amides is 1. The number of hydrogen-bond acceptors (Lipinski definition) is 4. The highest BCUT2D eigenvalue weighted by molar-refractivity contribution is 7.89. The monoisotopic (exact) mass is 409 g/mol. The lowest BCUT2D eigenvalue weighted by molar-refractivity contribution is -0.143. The smallest absolute Gasteiger partial charge is 0.356 e. The van der Waals surface area contributed by atoms with Crippen LogP contribution in [0.25, 0.3) is 0 Å². The van der Waals surface area contributed by atoms with Crippen LogP contribution in [-0.4, -0.2) is 58.6 Å². The summed E-state index contributed by atoms with van der Waals surface area (Å²) in [6, 6.07) is 4.98. The lowest BCUT2D eigenvalue weighted by atomic mass is 10.2. The summed E-state index contributed by atoms with van der Waals surface area (Å²) in [5.74, 6) is -0.364. The fourth-order valence-electron chi connectivity index (χ4n) is 2.53. The van der Waals surface area contributed by atoms with Gasteiger partial charge in [-0.3, -0.25) is 9.69 Å². The number of hydrogen-bond donors (Lipinski definition) is 2. The molecule has 0 aliphatic rings. The molecular weight excluding hydrogens is 383 g/mol. The van der Waals surface area contributed by atoms with Crippen molar-refractivity contribution in [3.05, 3.63) is 29.3 Å². The number of halogens is 3. The number of rotatable bonds is 10. The van der Waals surface area contributed by atoms with Crippen LogP contribution in [-0.2, 0) is 14.8 Å². The summed E-state index contributed by atoms with van der Waals surface area (Å²) in [7, 11) is -2.34. The van der Waals surface area contributed by atoms with Crippen molar-refractivity contribution in [2.45, 2.75) is 37.8 Å². The van der Waals surface area contributed by atoms with Crippen molar-refractivity contribution >= 4 is 15.9 Å². The van der Waals surface area contributed by atoms with Crippen molar-refractivity contribution in [3.8, 4) is 0 Å². The number of carbonyl (C=O) groups is 1. The predicted molar refractivity (Wildman–Crippen MR) is 96.9 cm³/mol. The number of nitrogens with zero attached hydrogens (tertiary/aromatic N) is 1. The third-order valence-corrected chi connectivity index (χ3v) is 5.37. The van der Waals surface area contributed by atoms with Gasteiger partial charge in [0.1, 0.15) is 0 Å². The highest BCUT2D eigenvalue weighted by Gasteiger charge is 2.28. The first-order valence-electron chi connectivity index (χ1n) is 8.49. The molecule has 1 aromatic carbocycles. The summed E-state index contributed by atoms with van der Waals surface area (Å²) < 4.78 is 63.4. The summed E-state index contributed by atoms with van der Waals surface area (Å²) in [6.45, 7) is 2.92. The maximum atomic E-state index is 12.3. The molecule has 1 amide bonds. The Bertz CT molecular complexity index is 737.